The minimum atomic E-state index is -0.0893. The van der Waals surface area contributed by atoms with E-state index in [0.717, 1.165) is 10.9 Å². The average Bonchev–Trinajstić information content (AvgIpc) is 2.52. The van der Waals surface area contributed by atoms with E-state index in [1.807, 2.05) is 24.3 Å². The summed E-state index contributed by atoms with van der Waals surface area (Å²) in [6, 6.07) is 16.2. The van der Waals surface area contributed by atoms with Crippen molar-refractivity contribution in [2.45, 2.75) is 0 Å². The van der Waals surface area contributed by atoms with Gasteiger partial charge < -0.3 is 4.74 Å². The van der Waals surface area contributed by atoms with Crippen LogP contribution in [0.5, 0.6) is 5.75 Å². The van der Waals surface area contributed by atoms with Crippen molar-refractivity contribution in [2.24, 2.45) is 0 Å². The molecule has 0 amide bonds. The van der Waals surface area contributed by atoms with Crippen LogP contribution in [-0.4, -0.2) is 17.4 Å². The standard InChI is InChI=1S/C17H12ClNO2/c18-12-4-1-5-13(10-12)21-11-17(20)15-6-2-8-16-14(15)7-3-9-19-16/h1-10H,11H2. The number of carbonyl (C=O) groups is 1. The van der Waals surface area contributed by atoms with E-state index in [1.54, 1.807) is 36.5 Å². The Balaban J connectivity index is 1.81. The SMILES string of the molecule is O=C(COc1cccc(Cl)c1)c1cccc2ncccc12. The maximum absolute atomic E-state index is 12.3. The van der Waals surface area contributed by atoms with E-state index in [0.29, 0.717) is 16.3 Å². The first-order chi connectivity index (χ1) is 10.2. The number of pyridine rings is 1. The maximum atomic E-state index is 12.3. The predicted molar refractivity (Wildman–Crippen MR) is 83.0 cm³/mol. The Morgan fingerprint density at radius 1 is 1.10 bits per heavy atom. The third-order valence-electron chi connectivity index (χ3n) is 3.11. The molecule has 0 saturated heterocycles. The zero-order valence-corrected chi connectivity index (χ0v) is 11.9. The molecule has 4 heteroatoms. The van der Waals surface area contributed by atoms with Crippen molar-refractivity contribution in [3.05, 3.63) is 71.4 Å². The fourth-order valence-electron chi connectivity index (χ4n) is 2.13. The van der Waals surface area contributed by atoms with E-state index >= 15 is 0 Å². The van der Waals surface area contributed by atoms with E-state index in [2.05, 4.69) is 4.98 Å². The lowest BCUT2D eigenvalue weighted by Crippen LogP contribution is -2.12. The van der Waals surface area contributed by atoms with Crippen LogP contribution in [-0.2, 0) is 0 Å². The van der Waals surface area contributed by atoms with Gasteiger partial charge >= 0.3 is 0 Å². The molecule has 3 rings (SSSR count). The fraction of sp³-hybridized carbons (Fsp3) is 0.0588. The predicted octanol–water partition coefficient (Wildman–Crippen LogP) is 4.15. The molecule has 0 bridgehead atoms. The molecule has 0 unspecified atom stereocenters. The van der Waals surface area contributed by atoms with Crippen LogP contribution in [0, 0.1) is 0 Å². The van der Waals surface area contributed by atoms with Gasteiger partial charge in [0.15, 0.2) is 6.61 Å². The molecule has 104 valence electrons. The van der Waals surface area contributed by atoms with Crippen molar-refractivity contribution in [3.63, 3.8) is 0 Å². The highest BCUT2D eigenvalue weighted by Crippen LogP contribution is 2.19. The second-order valence-corrected chi connectivity index (χ2v) is 4.98. The number of nitrogens with zero attached hydrogens (tertiary/aromatic N) is 1. The minimum Gasteiger partial charge on any atom is -0.485 e. The van der Waals surface area contributed by atoms with Gasteiger partial charge in [-0.15, -0.1) is 0 Å². The second kappa shape index (κ2) is 5.94. The number of carbonyl (C=O) groups excluding carboxylic acids is 1. The number of fused-ring (bicyclic) bond motifs is 1. The van der Waals surface area contributed by atoms with Crippen LogP contribution in [0.1, 0.15) is 10.4 Å². The number of aromatic nitrogens is 1. The summed E-state index contributed by atoms with van der Waals surface area (Å²) in [5, 5.41) is 1.41. The van der Waals surface area contributed by atoms with Gasteiger partial charge in [0.2, 0.25) is 5.78 Å². The monoisotopic (exact) mass is 297 g/mol. The van der Waals surface area contributed by atoms with Crippen LogP contribution in [0.2, 0.25) is 5.02 Å². The van der Waals surface area contributed by atoms with Crippen molar-refractivity contribution in [1.29, 1.82) is 0 Å². The zero-order valence-electron chi connectivity index (χ0n) is 11.1. The number of hydrogen-bond donors (Lipinski definition) is 0. The third-order valence-corrected chi connectivity index (χ3v) is 3.35. The Morgan fingerprint density at radius 3 is 2.81 bits per heavy atom. The molecule has 2 aromatic carbocycles. The Labute approximate surface area is 127 Å². The van der Waals surface area contributed by atoms with Crippen LogP contribution in [0.25, 0.3) is 10.9 Å². The lowest BCUT2D eigenvalue weighted by Gasteiger charge is -2.07. The molecule has 21 heavy (non-hydrogen) atoms. The summed E-state index contributed by atoms with van der Waals surface area (Å²) < 4.78 is 5.50. The Kier molecular flexibility index (Phi) is 3.84. The molecular weight excluding hydrogens is 286 g/mol. The topological polar surface area (TPSA) is 39.2 Å². The van der Waals surface area contributed by atoms with Gasteiger partial charge in [-0.25, -0.2) is 0 Å². The smallest absolute Gasteiger partial charge is 0.200 e. The molecule has 0 N–H and O–H groups in total. The molecule has 1 aromatic heterocycles. The van der Waals surface area contributed by atoms with Gasteiger partial charge in [-0.3, -0.25) is 9.78 Å². The van der Waals surface area contributed by atoms with Gasteiger partial charge in [0.1, 0.15) is 5.75 Å². The third kappa shape index (κ3) is 3.03. The minimum absolute atomic E-state index is 0.0334. The van der Waals surface area contributed by atoms with Crippen LogP contribution in [0.4, 0.5) is 0 Å². The second-order valence-electron chi connectivity index (χ2n) is 4.54. The van der Waals surface area contributed by atoms with Crippen LogP contribution in [0.15, 0.2) is 60.8 Å². The van der Waals surface area contributed by atoms with Gasteiger partial charge in [0.25, 0.3) is 0 Å². The largest absolute Gasteiger partial charge is 0.485 e. The van der Waals surface area contributed by atoms with Crippen molar-refractivity contribution in [3.8, 4) is 5.75 Å². The fourth-order valence-corrected chi connectivity index (χ4v) is 2.31. The average molecular weight is 298 g/mol. The zero-order chi connectivity index (χ0) is 14.7. The number of ketones is 1. The maximum Gasteiger partial charge on any atom is 0.200 e. The Hall–Kier alpha value is -2.39. The van der Waals surface area contributed by atoms with Crippen LogP contribution < -0.4 is 4.74 Å². The summed E-state index contributed by atoms with van der Waals surface area (Å²) in [4.78, 5) is 16.6. The molecule has 0 aliphatic rings. The van der Waals surface area contributed by atoms with Crippen LogP contribution in [0.3, 0.4) is 0 Å². The van der Waals surface area contributed by atoms with Gasteiger partial charge in [0, 0.05) is 22.2 Å². The van der Waals surface area contributed by atoms with E-state index < -0.39 is 0 Å². The van der Waals surface area contributed by atoms with Gasteiger partial charge in [-0.2, -0.15) is 0 Å². The van der Waals surface area contributed by atoms with Crippen molar-refractivity contribution >= 4 is 28.3 Å². The molecule has 0 aliphatic heterocycles. The van der Waals surface area contributed by atoms with Crippen molar-refractivity contribution in [1.82, 2.24) is 4.98 Å². The molecule has 0 saturated carbocycles. The lowest BCUT2D eigenvalue weighted by atomic mass is 10.1. The van der Waals surface area contributed by atoms with E-state index in [-0.39, 0.29) is 12.4 Å². The number of halogens is 1. The highest BCUT2D eigenvalue weighted by atomic mass is 35.5. The molecule has 0 fully saturated rings. The summed E-state index contributed by atoms with van der Waals surface area (Å²) >= 11 is 5.88. The number of Topliss-reactive ketones (excluding diaryl/α,β-unsaturated/α-hetero) is 1. The molecular formula is C17H12ClNO2. The van der Waals surface area contributed by atoms with Gasteiger partial charge in [-0.05, 0) is 30.3 Å². The number of ether oxygens (including phenoxy) is 1. The number of hydrogen-bond acceptors (Lipinski definition) is 3. The molecule has 3 nitrogen and oxygen atoms in total. The first-order valence-corrected chi connectivity index (χ1v) is 6.87. The molecule has 0 radical (unpaired) electrons. The normalized spacial score (nSPS) is 10.5. The quantitative estimate of drug-likeness (QED) is 0.679. The Bertz CT molecular complexity index is 796. The summed E-state index contributed by atoms with van der Waals surface area (Å²) in [6.07, 6.45) is 1.71. The summed E-state index contributed by atoms with van der Waals surface area (Å²) in [6.45, 7) is -0.0334. The highest BCUT2D eigenvalue weighted by molar-refractivity contribution is 6.30. The summed E-state index contributed by atoms with van der Waals surface area (Å²) in [5.74, 6) is 0.489. The van der Waals surface area contributed by atoms with Gasteiger partial charge in [-0.1, -0.05) is 35.9 Å². The van der Waals surface area contributed by atoms with E-state index in [9.17, 15) is 4.79 Å². The highest BCUT2D eigenvalue weighted by Gasteiger charge is 2.11. The Morgan fingerprint density at radius 2 is 1.95 bits per heavy atom. The number of benzene rings is 2. The molecule has 0 spiro atoms. The first-order valence-electron chi connectivity index (χ1n) is 6.49. The summed E-state index contributed by atoms with van der Waals surface area (Å²) in [7, 11) is 0. The lowest BCUT2D eigenvalue weighted by molar-refractivity contribution is 0.0923. The summed E-state index contributed by atoms with van der Waals surface area (Å²) in [5.41, 5.74) is 1.41. The van der Waals surface area contributed by atoms with E-state index in [1.165, 1.54) is 0 Å². The number of rotatable bonds is 4. The molecule has 3 aromatic rings. The van der Waals surface area contributed by atoms with Crippen molar-refractivity contribution in [2.75, 3.05) is 6.61 Å². The molecule has 0 atom stereocenters. The first kappa shape index (κ1) is 13.6. The molecule has 0 aliphatic carbocycles. The van der Waals surface area contributed by atoms with Crippen LogP contribution >= 0.6 is 11.6 Å². The molecule has 1 heterocycles. The van der Waals surface area contributed by atoms with Gasteiger partial charge in [0.05, 0.1) is 5.52 Å². The van der Waals surface area contributed by atoms with Crippen molar-refractivity contribution < 1.29 is 9.53 Å². The van der Waals surface area contributed by atoms with E-state index in [4.69, 9.17) is 16.3 Å².